The van der Waals surface area contributed by atoms with E-state index in [4.69, 9.17) is 0 Å². The summed E-state index contributed by atoms with van der Waals surface area (Å²) in [5, 5.41) is 1.82. The molecule has 0 saturated carbocycles. The number of nitrogens with one attached hydrogen (secondary N) is 1. The van der Waals surface area contributed by atoms with Crippen molar-refractivity contribution in [2.45, 2.75) is 25.7 Å². The highest BCUT2D eigenvalue weighted by Gasteiger charge is 2.44. The van der Waals surface area contributed by atoms with E-state index >= 15 is 0 Å². The summed E-state index contributed by atoms with van der Waals surface area (Å²) in [5.41, 5.74) is -4.60. The summed E-state index contributed by atoms with van der Waals surface area (Å²) in [6.07, 6.45) is -10.5. The van der Waals surface area contributed by atoms with Gasteiger partial charge in [-0.2, -0.15) is 26.3 Å². The van der Waals surface area contributed by atoms with Crippen molar-refractivity contribution in [2.24, 2.45) is 0 Å². The summed E-state index contributed by atoms with van der Waals surface area (Å²) in [5.74, 6) is -0.801. The number of hydrogen-bond acceptors (Lipinski definition) is 1. The summed E-state index contributed by atoms with van der Waals surface area (Å²) in [4.78, 5) is 11.1. The van der Waals surface area contributed by atoms with Crippen LogP contribution in [0.1, 0.15) is 24.5 Å². The standard InChI is InChI=1S/C11H9F6NO/c1-2-8(19)18-7-5-3-4-6(10(12,13)14)9(7)11(15,16)17/h3-5H,2H2,1H3,(H,18,19). The molecule has 0 fully saturated rings. The summed E-state index contributed by atoms with van der Waals surface area (Å²) < 4.78 is 75.9. The van der Waals surface area contributed by atoms with Crippen molar-refractivity contribution in [3.63, 3.8) is 0 Å². The molecule has 2 nitrogen and oxygen atoms in total. The first-order valence-corrected chi connectivity index (χ1v) is 5.14. The normalized spacial score (nSPS) is 12.4. The lowest BCUT2D eigenvalue weighted by Gasteiger charge is -2.19. The first-order chi connectivity index (χ1) is 8.57. The first kappa shape index (κ1) is 15.3. The second kappa shape index (κ2) is 5.10. The fourth-order valence-electron chi connectivity index (χ4n) is 1.44. The average Bonchev–Trinajstić information content (AvgIpc) is 2.25. The van der Waals surface area contributed by atoms with E-state index in [1.807, 2.05) is 5.32 Å². The van der Waals surface area contributed by atoms with Crippen LogP contribution in [0, 0.1) is 0 Å². The molecule has 19 heavy (non-hydrogen) atoms. The van der Waals surface area contributed by atoms with E-state index < -0.39 is 35.1 Å². The Bertz CT molecular complexity index is 477. The highest BCUT2D eigenvalue weighted by Crippen LogP contribution is 2.43. The molecule has 0 atom stereocenters. The number of amides is 1. The summed E-state index contributed by atoms with van der Waals surface area (Å²) >= 11 is 0. The van der Waals surface area contributed by atoms with Crippen LogP contribution in [0.3, 0.4) is 0 Å². The second-order valence-electron chi connectivity index (χ2n) is 3.63. The Labute approximate surface area is 104 Å². The van der Waals surface area contributed by atoms with Gasteiger partial charge in [-0.25, -0.2) is 0 Å². The van der Waals surface area contributed by atoms with Crippen LogP contribution in [0.25, 0.3) is 0 Å². The van der Waals surface area contributed by atoms with Crippen LogP contribution in [0.2, 0.25) is 0 Å². The lowest BCUT2D eigenvalue weighted by molar-refractivity contribution is -0.161. The van der Waals surface area contributed by atoms with Crippen LogP contribution in [0.5, 0.6) is 0 Å². The molecular formula is C11H9F6NO. The number of rotatable bonds is 2. The van der Waals surface area contributed by atoms with E-state index in [9.17, 15) is 31.1 Å². The Hall–Kier alpha value is -1.73. The van der Waals surface area contributed by atoms with Gasteiger partial charge in [-0.1, -0.05) is 13.0 Å². The predicted molar refractivity (Wildman–Crippen MR) is 55.4 cm³/mol. The maximum absolute atomic E-state index is 12.7. The first-order valence-electron chi connectivity index (χ1n) is 5.14. The van der Waals surface area contributed by atoms with Gasteiger partial charge < -0.3 is 5.32 Å². The van der Waals surface area contributed by atoms with Crippen molar-refractivity contribution >= 4 is 11.6 Å². The minimum absolute atomic E-state index is 0.145. The van der Waals surface area contributed by atoms with Crippen LogP contribution >= 0.6 is 0 Å². The number of carbonyl (C=O) groups excluding carboxylic acids is 1. The monoisotopic (exact) mass is 285 g/mol. The molecule has 1 aromatic rings. The maximum atomic E-state index is 12.7. The Balaban J connectivity index is 3.44. The van der Waals surface area contributed by atoms with Crippen molar-refractivity contribution in [3.05, 3.63) is 29.3 Å². The lowest BCUT2D eigenvalue weighted by Crippen LogP contribution is -2.21. The number of halogens is 6. The third-order valence-electron chi connectivity index (χ3n) is 2.25. The molecule has 1 amide bonds. The van der Waals surface area contributed by atoms with E-state index in [1.165, 1.54) is 6.92 Å². The third kappa shape index (κ3) is 3.62. The number of alkyl halides is 6. The van der Waals surface area contributed by atoms with Crippen LogP contribution < -0.4 is 5.32 Å². The highest BCUT2D eigenvalue weighted by molar-refractivity contribution is 5.91. The van der Waals surface area contributed by atoms with E-state index in [2.05, 4.69) is 0 Å². The van der Waals surface area contributed by atoms with Crippen molar-refractivity contribution in [1.29, 1.82) is 0 Å². The van der Waals surface area contributed by atoms with Crippen molar-refractivity contribution in [1.82, 2.24) is 0 Å². The number of benzene rings is 1. The van der Waals surface area contributed by atoms with Gasteiger partial charge in [0.25, 0.3) is 0 Å². The van der Waals surface area contributed by atoms with Crippen molar-refractivity contribution in [3.8, 4) is 0 Å². The minimum atomic E-state index is -5.22. The average molecular weight is 285 g/mol. The van der Waals surface area contributed by atoms with E-state index in [1.54, 1.807) is 0 Å². The number of anilines is 1. The molecule has 0 heterocycles. The summed E-state index contributed by atoms with van der Waals surface area (Å²) in [6, 6.07) is 1.92. The summed E-state index contributed by atoms with van der Waals surface area (Å²) in [7, 11) is 0. The van der Waals surface area contributed by atoms with Gasteiger partial charge >= 0.3 is 12.4 Å². The number of hydrogen-bond donors (Lipinski definition) is 1. The van der Waals surface area contributed by atoms with Crippen LogP contribution in [-0.4, -0.2) is 5.91 Å². The molecule has 1 rings (SSSR count). The summed E-state index contributed by atoms with van der Waals surface area (Å²) in [6.45, 7) is 1.37. The predicted octanol–water partition coefficient (Wildman–Crippen LogP) is 4.07. The van der Waals surface area contributed by atoms with Crippen LogP contribution in [0.4, 0.5) is 32.0 Å². The van der Waals surface area contributed by atoms with Gasteiger partial charge in [0.15, 0.2) is 0 Å². The van der Waals surface area contributed by atoms with E-state index in [0.717, 1.165) is 12.1 Å². The molecule has 0 unspecified atom stereocenters. The molecule has 0 aliphatic carbocycles. The smallest absolute Gasteiger partial charge is 0.326 e. The topological polar surface area (TPSA) is 29.1 Å². The van der Waals surface area contributed by atoms with Crippen LogP contribution in [0.15, 0.2) is 18.2 Å². The van der Waals surface area contributed by atoms with Gasteiger partial charge in [0.1, 0.15) is 0 Å². The minimum Gasteiger partial charge on any atom is -0.326 e. The molecule has 0 aromatic heterocycles. The molecule has 0 bridgehead atoms. The van der Waals surface area contributed by atoms with Gasteiger partial charge in [-0.05, 0) is 12.1 Å². The Morgan fingerprint density at radius 3 is 2.11 bits per heavy atom. The Kier molecular flexibility index (Phi) is 4.12. The maximum Gasteiger partial charge on any atom is 0.419 e. The zero-order valence-electron chi connectivity index (χ0n) is 9.62. The highest BCUT2D eigenvalue weighted by atomic mass is 19.4. The van der Waals surface area contributed by atoms with Gasteiger partial charge in [0, 0.05) is 6.42 Å². The van der Waals surface area contributed by atoms with Gasteiger partial charge in [0.2, 0.25) is 5.91 Å². The van der Waals surface area contributed by atoms with Gasteiger partial charge in [-0.3, -0.25) is 4.79 Å². The molecular weight excluding hydrogens is 276 g/mol. The van der Waals surface area contributed by atoms with E-state index in [-0.39, 0.29) is 6.42 Å². The molecule has 1 aromatic carbocycles. The quantitative estimate of drug-likeness (QED) is 0.815. The fraction of sp³-hybridized carbons (Fsp3) is 0.364. The Morgan fingerprint density at radius 1 is 1.11 bits per heavy atom. The fourth-order valence-corrected chi connectivity index (χ4v) is 1.44. The third-order valence-corrected chi connectivity index (χ3v) is 2.25. The van der Waals surface area contributed by atoms with Gasteiger partial charge in [0.05, 0.1) is 16.8 Å². The molecule has 8 heteroatoms. The molecule has 0 saturated heterocycles. The lowest BCUT2D eigenvalue weighted by atomic mass is 10.0. The molecule has 0 radical (unpaired) electrons. The molecule has 0 aliphatic rings. The molecule has 1 N–H and O–H groups in total. The Morgan fingerprint density at radius 2 is 1.68 bits per heavy atom. The largest absolute Gasteiger partial charge is 0.419 e. The van der Waals surface area contributed by atoms with Crippen LogP contribution in [-0.2, 0) is 17.1 Å². The molecule has 106 valence electrons. The molecule has 0 aliphatic heterocycles. The molecule has 0 spiro atoms. The van der Waals surface area contributed by atoms with Crippen molar-refractivity contribution in [2.75, 3.05) is 5.32 Å². The number of carbonyl (C=O) groups is 1. The van der Waals surface area contributed by atoms with Crippen molar-refractivity contribution < 1.29 is 31.1 Å². The SMILES string of the molecule is CCC(=O)Nc1cccc(C(F)(F)F)c1C(F)(F)F. The van der Waals surface area contributed by atoms with Gasteiger partial charge in [-0.15, -0.1) is 0 Å². The zero-order chi connectivity index (χ0) is 14.8. The van der Waals surface area contributed by atoms with E-state index in [0.29, 0.717) is 6.07 Å². The zero-order valence-corrected chi connectivity index (χ0v) is 9.62. The second-order valence-corrected chi connectivity index (χ2v) is 3.63.